The van der Waals surface area contributed by atoms with Gasteiger partial charge in [-0.15, -0.1) is 10.2 Å². The third-order valence-electron chi connectivity index (χ3n) is 5.55. The van der Waals surface area contributed by atoms with Crippen molar-refractivity contribution in [2.45, 2.75) is 27.7 Å². The number of anilines is 3. The average Bonchev–Trinajstić information content (AvgIpc) is 3.07. The van der Waals surface area contributed by atoms with Gasteiger partial charge in [0.2, 0.25) is 5.91 Å². The van der Waals surface area contributed by atoms with E-state index in [1.54, 1.807) is 4.68 Å². The van der Waals surface area contributed by atoms with Gasteiger partial charge in [-0.05, 0) is 86.9 Å². The van der Waals surface area contributed by atoms with Crippen LogP contribution in [0.25, 0.3) is 11.9 Å². The molecule has 0 aliphatic rings. The van der Waals surface area contributed by atoms with Crippen LogP contribution in [0.3, 0.4) is 0 Å². The maximum atomic E-state index is 12.2. The third-order valence-corrected chi connectivity index (χ3v) is 5.55. The topological polar surface area (TPSA) is 84.7 Å². The Labute approximate surface area is 193 Å². The molecule has 0 aliphatic heterocycles. The van der Waals surface area contributed by atoms with Crippen LogP contribution in [0.4, 0.5) is 17.2 Å². The molecule has 0 bridgehead atoms. The van der Waals surface area contributed by atoms with E-state index in [4.69, 9.17) is 0 Å². The van der Waals surface area contributed by atoms with E-state index >= 15 is 0 Å². The van der Waals surface area contributed by atoms with Crippen molar-refractivity contribution in [3.63, 3.8) is 0 Å². The average molecular weight is 439 g/mol. The monoisotopic (exact) mass is 438 g/mol. The Morgan fingerprint density at radius 2 is 1.61 bits per heavy atom. The van der Waals surface area contributed by atoms with E-state index in [9.17, 15) is 4.79 Å². The molecule has 2 aromatic heterocycles. The highest BCUT2D eigenvalue weighted by Gasteiger charge is 2.10. The summed E-state index contributed by atoms with van der Waals surface area (Å²) in [6.07, 6.45) is 3.35. The molecule has 1 amide bonds. The molecule has 0 unspecified atom stereocenters. The first-order chi connectivity index (χ1) is 15.9. The lowest BCUT2D eigenvalue weighted by molar-refractivity contribution is -0.111. The number of carbonyl (C=O) groups is 1. The van der Waals surface area contributed by atoms with Crippen molar-refractivity contribution in [2.24, 2.45) is 0 Å². The summed E-state index contributed by atoms with van der Waals surface area (Å²) < 4.78 is 1.80. The SMILES string of the molecule is Cc1ccccc1/C=C/C(=O)Nc1ccc(Nc2ccc(-n3nc(C)c(C)c3C)nn2)cc1. The maximum Gasteiger partial charge on any atom is 0.248 e. The maximum absolute atomic E-state index is 12.2. The Kier molecular flexibility index (Phi) is 6.31. The van der Waals surface area contributed by atoms with Gasteiger partial charge in [0.05, 0.1) is 5.69 Å². The summed E-state index contributed by atoms with van der Waals surface area (Å²) in [6.45, 7) is 8.06. The van der Waals surface area contributed by atoms with Gasteiger partial charge in [-0.2, -0.15) is 5.10 Å². The molecular formula is C26H26N6O. The highest BCUT2D eigenvalue weighted by Crippen LogP contribution is 2.19. The minimum Gasteiger partial charge on any atom is -0.339 e. The van der Waals surface area contributed by atoms with Gasteiger partial charge < -0.3 is 10.6 Å². The summed E-state index contributed by atoms with van der Waals surface area (Å²) in [5, 5.41) is 19.2. The zero-order chi connectivity index (χ0) is 23.4. The standard InChI is InChI=1S/C26H26N6O/c1-17-7-5-6-8-21(17)9-16-26(33)28-23-12-10-22(11-13-23)27-24-14-15-25(30-29-24)32-20(4)18(2)19(3)31-32/h5-16H,1-4H3,(H,27,29)(H,28,33)/b16-9+. The van der Waals surface area contributed by atoms with Crippen LogP contribution in [-0.4, -0.2) is 25.9 Å². The van der Waals surface area contributed by atoms with Gasteiger partial charge in [0, 0.05) is 23.1 Å². The molecule has 0 aliphatic carbocycles. The Bertz CT molecular complexity index is 1300. The molecule has 33 heavy (non-hydrogen) atoms. The van der Waals surface area contributed by atoms with E-state index in [0.29, 0.717) is 17.3 Å². The lowest BCUT2D eigenvalue weighted by Crippen LogP contribution is -2.07. The number of carbonyl (C=O) groups excluding carboxylic acids is 1. The van der Waals surface area contributed by atoms with Crippen molar-refractivity contribution < 1.29 is 4.79 Å². The number of benzene rings is 2. The Hall–Kier alpha value is -4.26. The van der Waals surface area contributed by atoms with Crippen LogP contribution < -0.4 is 10.6 Å². The summed E-state index contributed by atoms with van der Waals surface area (Å²) >= 11 is 0. The number of hydrogen-bond donors (Lipinski definition) is 2. The number of aromatic nitrogens is 4. The summed E-state index contributed by atoms with van der Waals surface area (Å²) in [4.78, 5) is 12.2. The highest BCUT2D eigenvalue weighted by molar-refractivity contribution is 6.02. The minimum absolute atomic E-state index is 0.181. The van der Waals surface area contributed by atoms with Gasteiger partial charge in [0.25, 0.3) is 0 Å². The van der Waals surface area contributed by atoms with E-state index in [0.717, 1.165) is 33.8 Å². The molecule has 0 fully saturated rings. The van der Waals surface area contributed by atoms with Gasteiger partial charge in [0.15, 0.2) is 11.6 Å². The second-order valence-corrected chi connectivity index (χ2v) is 7.87. The number of nitrogens with zero attached hydrogens (tertiary/aromatic N) is 4. The molecule has 0 atom stereocenters. The van der Waals surface area contributed by atoms with Crippen LogP contribution in [0.2, 0.25) is 0 Å². The van der Waals surface area contributed by atoms with E-state index < -0.39 is 0 Å². The van der Waals surface area contributed by atoms with Gasteiger partial charge in [-0.1, -0.05) is 24.3 Å². The first kappa shape index (κ1) is 22.0. The van der Waals surface area contributed by atoms with Crippen LogP contribution in [-0.2, 0) is 4.79 Å². The third kappa shape index (κ3) is 5.15. The molecule has 0 saturated carbocycles. The Morgan fingerprint density at radius 1 is 0.879 bits per heavy atom. The fourth-order valence-electron chi connectivity index (χ4n) is 3.36. The predicted molar refractivity (Wildman–Crippen MR) is 132 cm³/mol. The quantitative estimate of drug-likeness (QED) is 0.400. The predicted octanol–water partition coefficient (Wildman–Crippen LogP) is 5.29. The first-order valence-corrected chi connectivity index (χ1v) is 10.7. The number of amides is 1. The van der Waals surface area contributed by atoms with Gasteiger partial charge in [0.1, 0.15) is 0 Å². The number of nitrogens with one attached hydrogen (secondary N) is 2. The second-order valence-electron chi connectivity index (χ2n) is 7.87. The molecule has 4 aromatic rings. The van der Waals surface area contributed by atoms with E-state index in [1.165, 1.54) is 6.08 Å². The van der Waals surface area contributed by atoms with Crippen molar-refractivity contribution in [3.05, 3.63) is 94.8 Å². The van der Waals surface area contributed by atoms with E-state index in [2.05, 4.69) is 25.9 Å². The zero-order valence-electron chi connectivity index (χ0n) is 19.1. The van der Waals surface area contributed by atoms with Gasteiger partial charge in [-0.25, -0.2) is 4.68 Å². The van der Waals surface area contributed by atoms with Crippen LogP contribution in [0, 0.1) is 27.7 Å². The summed E-state index contributed by atoms with van der Waals surface area (Å²) in [7, 11) is 0. The first-order valence-electron chi connectivity index (χ1n) is 10.7. The van der Waals surface area contributed by atoms with Crippen LogP contribution in [0.5, 0.6) is 0 Å². The Balaban J connectivity index is 1.37. The fraction of sp³-hybridized carbons (Fsp3) is 0.154. The lowest BCUT2D eigenvalue weighted by Gasteiger charge is -2.08. The van der Waals surface area contributed by atoms with Gasteiger partial charge >= 0.3 is 0 Å². The van der Waals surface area contributed by atoms with Gasteiger partial charge in [-0.3, -0.25) is 4.79 Å². The van der Waals surface area contributed by atoms with Crippen LogP contribution >= 0.6 is 0 Å². The summed E-state index contributed by atoms with van der Waals surface area (Å²) in [5.74, 6) is 1.11. The van der Waals surface area contributed by atoms with Crippen molar-refractivity contribution in [1.82, 2.24) is 20.0 Å². The molecule has 2 heterocycles. The lowest BCUT2D eigenvalue weighted by atomic mass is 10.1. The van der Waals surface area contributed by atoms with Crippen LogP contribution in [0.15, 0.2) is 66.7 Å². The molecule has 7 nitrogen and oxygen atoms in total. The highest BCUT2D eigenvalue weighted by atomic mass is 16.1. The molecule has 4 rings (SSSR count). The normalized spacial score (nSPS) is 11.0. The second kappa shape index (κ2) is 9.48. The van der Waals surface area contributed by atoms with E-state index in [-0.39, 0.29) is 5.91 Å². The molecular weight excluding hydrogens is 412 g/mol. The van der Waals surface area contributed by atoms with Crippen LogP contribution in [0.1, 0.15) is 28.1 Å². The van der Waals surface area contributed by atoms with Crippen molar-refractivity contribution in [2.75, 3.05) is 10.6 Å². The molecule has 2 aromatic carbocycles. The fourth-order valence-corrected chi connectivity index (χ4v) is 3.36. The van der Waals surface area contributed by atoms with Crippen molar-refractivity contribution in [3.8, 4) is 5.82 Å². The summed E-state index contributed by atoms with van der Waals surface area (Å²) in [6, 6.07) is 19.1. The number of aryl methyl sites for hydroxylation is 2. The number of hydrogen-bond acceptors (Lipinski definition) is 5. The minimum atomic E-state index is -0.181. The van der Waals surface area contributed by atoms with Crippen molar-refractivity contribution >= 4 is 29.2 Å². The summed E-state index contributed by atoms with van der Waals surface area (Å²) in [5.41, 5.74) is 6.87. The zero-order valence-corrected chi connectivity index (χ0v) is 19.1. The molecule has 0 radical (unpaired) electrons. The molecule has 166 valence electrons. The number of rotatable bonds is 6. The molecule has 2 N–H and O–H groups in total. The Morgan fingerprint density at radius 3 is 2.24 bits per heavy atom. The van der Waals surface area contributed by atoms with Crippen molar-refractivity contribution in [1.29, 1.82) is 0 Å². The molecule has 0 spiro atoms. The molecule has 0 saturated heterocycles. The van der Waals surface area contributed by atoms with E-state index in [1.807, 2.05) is 94.4 Å². The largest absolute Gasteiger partial charge is 0.339 e. The molecule has 7 heteroatoms. The smallest absolute Gasteiger partial charge is 0.248 e.